The molecule has 0 aromatic heterocycles. The smallest absolute Gasteiger partial charge is 0.0300 e. The van der Waals surface area contributed by atoms with Gasteiger partial charge in [-0.25, -0.2) is 0 Å². The zero-order valence-corrected chi connectivity index (χ0v) is 10.5. The molecule has 0 spiro atoms. The molecule has 0 aromatic rings. The van der Waals surface area contributed by atoms with Crippen LogP contribution < -0.4 is 5.32 Å². The van der Waals surface area contributed by atoms with Crippen LogP contribution in [0.2, 0.25) is 0 Å². The minimum absolute atomic E-state index is 0.832. The van der Waals surface area contributed by atoms with E-state index in [1.165, 1.54) is 44.2 Å². The molecule has 0 radical (unpaired) electrons. The van der Waals surface area contributed by atoms with E-state index in [9.17, 15) is 0 Å². The molecular formula is C10H20N2S2. The first-order chi connectivity index (χ1) is 6.84. The van der Waals surface area contributed by atoms with Gasteiger partial charge in [-0.15, -0.1) is 0 Å². The summed E-state index contributed by atoms with van der Waals surface area (Å²) in [6, 6.07) is 0. The average molecular weight is 232 g/mol. The molecule has 2 aliphatic rings. The van der Waals surface area contributed by atoms with Crippen LogP contribution in [0.4, 0.5) is 0 Å². The zero-order chi connectivity index (χ0) is 9.80. The van der Waals surface area contributed by atoms with E-state index in [0.717, 1.165) is 10.5 Å². The molecule has 0 saturated carbocycles. The summed E-state index contributed by atoms with van der Waals surface area (Å²) in [5.74, 6) is 2.62. The second-order valence-electron chi connectivity index (χ2n) is 4.14. The van der Waals surface area contributed by atoms with Crippen LogP contribution in [0.1, 0.15) is 6.92 Å². The summed E-state index contributed by atoms with van der Waals surface area (Å²) in [6.45, 7) is 8.65. The van der Waals surface area contributed by atoms with Crippen LogP contribution in [0.15, 0.2) is 0 Å². The Hall–Kier alpha value is 0.620. The van der Waals surface area contributed by atoms with Gasteiger partial charge in [-0.05, 0) is 0 Å². The molecular weight excluding hydrogens is 212 g/mol. The normalized spacial score (nSPS) is 35.8. The van der Waals surface area contributed by atoms with Gasteiger partial charge in [0.25, 0.3) is 0 Å². The third-order valence-corrected chi connectivity index (χ3v) is 5.15. The third-order valence-electron chi connectivity index (χ3n) is 2.79. The van der Waals surface area contributed by atoms with Gasteiger partial charge in [-0.3, -0.25) is 0 Å². The largest absolute Gasteiger partial charge is 0.315 e. The van der Waals surface area contributed by atoms with Crippen LogP contribution in [0.25, 0.3) is 0 Å². The van der Waals surface area contributed by atoms with Crippen LogP contribution >= 0.6 is 23.5 Å². The predicted octanol–water partition coefficient (Wildman–Crippen LogP) is 1.13. The summed E-state index contributed by atoms with van der Waals surface area (Å²) in [5, 5.41) is 5.15. The maximum absolute atomic E-state index is 3.48. The van der Waals surface area contributed by atoms with E-state index in [0.29, 0.717) is 0 Å². The van der Waals surface area contributed by atoms with Crippen LogP contribution in [-0.2, 0) is 0 Å². The molecule has 14 heavy (non-hydrogen) atoms. The highest BCUT2D eigenvalue weighted by molar-refractivity contribution is 8.00. The number of nitrogens with zero attached hydrogens (tertiary/aromatic N) is 1. The Bertz CT molecular complexity index is 172. The molecule has 0 aliphatic carbocycles. The van der Waals surface area contributed by atoms with Crippen molar-refractivity contribution in [2.45, 2.75) is 17.4 Å². The fourth-order valence-electron chi connectivity index (χ4n) is 2.08. The van der Waals surface area contributed by atoms with Gasteiger partial charge >= 0.3 is 0 Å². The summed E-state index contributed by atoms with van der Waals surface area (Å²) in [6.07, 6.45) is 0. The van der Waals surface area contributed by atoms with Gasteiger partial charge in [0.05, 0.1) is 0 Å². The Balaban J connectivity index is 1.72. The van der Waals surface area contributed by atoms with E-state index in [4.69, 9.17) is 0 Å². The number of hydrogen-bond donors (Lipinski definition) is 1. The van der Waals surface area contributed by atoms with Crippen molar-refractivity contribution in [1.29, 1.82) is 0 Å². The Morgan fingerprint density at radius 1 is 1.36 bits per heavy atom. The molecule has 2 nitrogen and oxygen atoms in total. The SMILES string of the molecule is CC1CN(CC2CNCCS2)CCS1. The highest BCUT2D eigenvalue weighted by Gasteiger charge is 2.21. The van der Waals surface area contributed by atoms with Gasteiger partial charge < -0.3 is 10.2 Å². The lowest BCUT2D eigenvalue weighted by atomic mass is 10.3. The Kier molecular flexibility index (Phi) is 4.47. The summed E-state index contributed by atoms with van der Waals surface area (Å²) in [5.41, 5.74) is 0. The van der Waals surface area contributed by atoms with E-state index in [1.54, 1.807) is 0 Å². The van der Waals surface area contributed by atoms with Gasteiger partial charge in [0.1, 0.15) is 0 Å². The van der Waals surface area contributed by atoms with Crippen molar-refractivity contribution in [1.82, 2.24) is 10.2 Å². The van der Waals surface area contributed by atoms with E-state index in [-0.39, 0.29) is 0 Å². The monoisotopic (exact) mass is 232 g/mol. The molecule has 4 heteroatoms. The zero-order valence-electron chi connectivity index (χ0n) is 8.87. The molecule has 2 heterocycles. The topological polar surface area (TPSA) is 15.3 Å². The second kappa shape index (κ2) is 5.64. The van der Waals surface area contributed by atoms with Crippen molar-refractivity contribution in [2.75, 3.05) is 44.2 Å². The molecule has 2 rings (SSSR count). The molecule has 82 valence electrons. The van der Waals surface area contributed by atoms with Gasteiger partial charge in [0, 0.05) is 54.7 Å². The quantitative estimate of drug-likeness (QED) is 0.767. The molecule has 2 saturated heterocycles. The van der Waals surface area contributed by atoms with Crippen molar-refractivity contribution >= 4 is 23.5 Å². The first kappa shape index (κ1) is 11.1. The van der Waals surface area contributed by atoms with E-state index < -0.39 is 0 Å². The Morgan fingerprint density at radius 3 is 3.00 bits per heavy atom. The molecule has 2 unspecified atom stereocenters. The fraction of sp³-hybridized carbons (Fsp3) is 1.00. The van der Waals surface area contributed by atoms with Crippen LogP contribution in [0, 0.1) is 0 Å². The standard InChI is InChI=1S/C10H20N2S2/c1-9-7-12(3-5-13-9)8-10-6-11-2-4-14-10/h9-11H,2-8H2,1H3. The summed E-state index contributed by atoms with van der Waals surface area (Å²) >= 11 is 4.27. The van der Waals surface area contributed by atoms with Gasteiger partial charge in [0.2, 0.25) is 0 Å². The van der Waals surface area contributed by atoms with Crippen LogP contribution in [0.5, 0.6) is 0 Å². The van der Waals surface area contributed by atoms with Crippen molar-refractivity contribution in [2.24, 2.45) is 0 Å². The van der Waals surface area contributed by atoms with Crippen LogP contribution in [-0.4, -0.2) is 59.6 Å². The molecule has 1 N–H and O–H groups in total. The third kappa shape index (κ3) is 3.33. The maximum Gasteiger partial charge on any atom is 0.0300 e. The summed E-state index contributed by atoms with van der Waals surface area (Å²) in [7, 11) is 0. The number of hydrogen-bond acceptors (Lipinski definition) is 4. The number of rotatable bonds is 2. The van der Waals surface area contributed by atoms with Crippen molar-refractivity contribution in [3.05, 3.63) is 0 Å². The van der Waals surface area contributed by atoms with E-state index >= 15 is 0 Å². The predicted molar refractivity (Wildman–Crippen MR) is 67.5 cm³/mol. The Morgan fingerprint density at radius 2 is 2.29 bits per heavy atom. The molecule has 2 atom stereocenters. The maximum atomic E-state index is 3.48. The molecule has 0 bridgehead atoms. The van der Waals surface area contributed by atoms with E-state index in [1.807, 2.05) is 0 Å². The lowest BCUT2D eigenvalue weighted by Gasteiger charge is -2.34. The lowest BCUT2D eigenvalue weighted by Crippen LogP contribution is -2.45. The minimum atomic E-state index is 0.832. The van der Waals surface area contributed by atoms with Crippen molar-refractivity contribution in [3.63, 3.8) is 0 Å². The van der Waals surface area contributed by atoms with E-state index in [2.05, 4.69) is 40.7 Å². The highest BCUT2D eigenvalue weighted by Crippen LogP contribution is 2.20. The summed E-state index contributed by atoms with van der Waals surface area (Å²) < 4.78 is 0. The van der Waals surface area contributed by atoms with Crippen LogP contribution in [0.3, 0.4) is 0 Å². The number of nitrogens with one attached hydrogen (secondary N) is 1. The fourth-order valence-corrected chi connectivity index (χ4v) is 4.31. The molecule has 2 fully saturated rings. The minimum Gasteiger partial charge on any atom is -0.315 e. The highest BCUT2D eigenvalue weighted by atomic mass is 32.2. The summed E-state index contributed by atoms with van der Waals surface area (Å²) in [4.78, 5) is 2.64. The first-order valence-corrected chi connectivity index (χ1v) is 7.60. The molecule has 2 aliphatic heterocycles. The van der Waals surface area contributed by atoms with Gasteiger partial charge in [0.15, 0.2) is 0 Å². The lowest BCUT2D eigenvalue weighted by molar-refractivity contribution is 0.284. The van der Waals surface area contributed by atoms with Crippen molar-refractivity contribution < 1.29 is 0 Å². The second-order valence-corrected chi connectivity index (χ2v) is 7.09. The molecule has 0 amide bonds. The first-order valence-electron chi connectivity index (χ1n) is 5.51. The van der Waals surface area contributed by atoms with Gasteiger partial charge in [-0.1, -0.05) is 6.92 Å². The molecule has 0 aromatic carbocycles. The number of thioether (sulfide) groups is 2. The van der Waals surface area contributed by atoms with Gasteiger partial charge in [-0.2, -0.15) is 23.5 Å². The van der Waals surface area contributed by atoms with Crippen molar-refractivity contribution in [3.8, 4) is 0 Å². The Labute approximate surface area is 95.6 Å². The average Bonchev–Trinajstić information content (AvgIpc) is 2.19.